The minimum atomic E-state index is -1.20. The molecule has 1 saturated heterocycles. The molecule has 2 aromatic carbocycles. The van der Waals surface area contributed by atoms with Crippen LogP contribution in [-0.2, 0) is 11.3 Å². The number of nitriles is 2. The maximum absolute atomic E-state index is 11.9. The molecule has 3 heterocycles. The van der Waals surface area contributed by atoms with E-state index in [2.05, 4.69) is 44.6 Å². The Labute approximate surface area is 220 Å². The monoisotopic (exact) mass is 509 g/mol. The summed E-state index contributed by atoms with van der Waals surface area (Å²) < 4.78 is 6.36. The van der Waals surface area contributed by atoms with Gasteiger partial charge < -0.3 is 20.1 Å². The Bertz CT molecular complexity index is 1530. The number of nitrogens with zero attached hydrogens (tertiary/aromatic N) is 6. The van der Waals surface area contributed by atoms with Crippen molar-refractivity contribution in [1.29, 1.82) is 10.5 Å². The second-order valence-corrected chi connectivity index (χ2v) is 9.39. The van der Waals surface area contributed by atoms with E-state index in [0.29, 0.717) is 40.2 Å². The van der Waals surface area contributed by atoms with Crippen molar-refractivity contribution in [2.75, 3.05) is 36.5 Å². The van der Waals surface area contributed by atoms with E-state index in [-0.39, 0.29) is 0 Å². The number of benzene rings is 2. The fourth-order valence-electron chi connectivity index (χ4n) is 5.14. The van der Waals surface area contributed by atoms with E-state index in [1.807, 2.05) is 18.2 Å². The predicted octanol–water partition coefficient (Wildman–Crippen LogP) is 4.51. The third kappa shape index (κ3) is 4.58. The summed E-state index contributed by atoms with van der Waals surface area (Å²) in [5, 5.41) is 37.6. The number of morpholine rings is 1. The van der Waals surface area contributed by atoms with Gasteiger partial charge in [-0.1, -0.05) is 18.2 Å². The lowest BCUT2D eigenvalue weighted by Gasteiger charge is -2.28. The molecule has 2 atom stereocenters. The lowest BCUT2D eigenvalue weighted by molar-refractivity contribution is 0.122. The van der Waals surface area contributed by atoms with Gasteiger partial charge in [0.05, 0.1) is 48.1 Å². The summed E-state index contributed by atoms with van der Waals surface area (Å²) in [5.74, 6) is -0.683. The first-order valence-corrected chi connectivity index (χ1v) is 12.4. The van der Waals surface area contributed by atoms with E-state index in [4.69, 9.17) is 4.74 Å². The van der Waals surface area contributed by atoms with Gasteiger partial charge in [0, 0.05) is 42.3 Å². The van der Waals surface area contributed by atoms with Crippen molar-refractivity contribution >= 4 is 34.2 Å². The van der Waals surface area contributed by atoms with Gasteiger partial charge in [-0.25, -0.2) is 4.79 Å². The van der Waals surface area contributed by atoms with Crippen LogP contribution in [0.1, 0.15) is 30.9 Å². The van der Waals surface area contributed by atoms with Gasteiger partial charge in [-0.3, -0.25) is 4.99 Å². The zero-order valence-corrected chi connectivity index (χ0v) is 21.2. The number of allylic oxidation sites excluding steroid dienone is 2. The highest BCUT2D eigenvalue weighted by molar-refractivity contribution is 5.96. The van der Waals surface area contributed by atoms with Gasteiger partial charge in [0.15, 0.2) is 5.82 Å². The van der Waals surface area contributed by atoms with E-state index in [1.54, 1.807) is 26.0 Å². The number of carbonyl (C=O) groups is 1. The first kappa shape index (κ1) is 25.0. The molecule has 2 aliphatic heterocycles. The SMILES string of the molecule is CC1=NC(C)=C(C#N)C(c2ccc3c(c2)c(NCc2ccc(N4CCOCC4)cc2)nn3C(=O)O)C1C#N. The molecule has 1 fully saturated rings. The molecule has 0 aliphatic carbocycles. The molecule has 0 radical (unpaired) electrons. The van der Waals surface area contributed by atoms with Crippen LogP contribution in [0.3, 0.4) is 0 Å². The largest absolute Gasteiger partial charge is 0.463 e. The summed E-state index contributed by atoms with van der Waals surface area (Å²) in [7, 11) is 0. The number of carboxylic acid groups (broad SMARTS) is 1. The Kier molecular flexibility index (Phi) is 6.82. The molecular weight excluding hydrogens is 482 g/mol. The van der Waals surface area contributed by atoms with Crippen molar-refractivity contribution in [2.24, 2.45) is 10.9 Å². The van der Waals surface area contributed by atoms with Crippen molar-refractivity contribution in [3.63, 3.8) is 0 Å². The summed E-state index contributed by atoms with van der Waals surface area (Å²) in [4.78, 5) is 18.6. The fourth-order valence-corrected chi connectivity index (χ4v) is 5.14. The molecule has 2 unspecified atom stereocenters. The molecule has 0 saturated carbocycles. The highest BCUT2D eigenvalue weighted by Gasteiger charge is 2.34. The Morgan fingerprint density at radius 2 is 1.89 bits per heavy atom. The molecule has 1 aromatic heterocycles. The number of aromatic nitrogens is 2. The van der Waals surface area contributed by atoms with Crippen molar-refractivity contribution < 1.29 is 14.6 Å². The zero-order chi connectivity index (χ0) is 26.8. The van der Waals surface area contributed by atoms with Crippen LogP contribution in [0, 0.1) is 28.6 Å². The first-order chi connectivity index (χ1) is 18.4. The molecule has 2 N–H and O–H groups in total. The highest BCUT2D eigenvalue weighted by atomic mass is 16.5. The highest BCUT2D eigenvalue weighted by Crippen LogP contribution is 2.40. The van der Waals surface area contributed by atoms with Crippen LogP contribution in [-0.4, -0.2) is 53.0 Å². The number of hydrogen-bond acceptors (Lipinski definition) is 8. The summed E-state index contributed by atoms with van der Waals surface area (Å²) in [5.41, 5.74) is 4.97. The number of ether oxygens (including phenoxy) is 1. The quantitative estimate of drug-likeness (QED) is 0.512. The van der Waals surface area contributed by atoms with Crippen molar-refractivity contribution in [3.8, 4) is 12.1 Å². The molecule has 0 spiro atoms. The van der Waals surface area contributed by atoms with Crippen molar-refractivity contribution in [3.05, 3.63) is 64.9 Å². The Hall–Kier alpha value is -4.67. The summed E-state index contributed by atoms with van der Waals surface area (Å²) in [6.45, 7) is 7.16. The van der Waals surface area contributed by atoms with Crippen LogP contribution in [0.25, 0.3) is 10.9 Å². The summed E-state index contributed by atoms with van der Waals surface area (Å²) >= 11 is 0. The number of nitrogens with one attached hydrogen (secondary N) is 1. The van der Waals surface area contributed by atoms with Crippen LogP contribution in [0.5, 0.6) is 0 Å². The predicted molar refractivity (Wildman–Crippen MR) is 143 cm³/mol. The van der Waals surface area contributed by atoms with Crippen LogP contribution in [0.4, 0.5) is 16.3 Å². The number of hydrogen-bond donors (Lipinski definition) is 2. The lowest BCUT2D eigenvalue weighted by atomic mass is 9.76. The summed E-state index contributed by atoms with van der Waals surface area (Å²) in [6.07, 6.45) is -1.20. The van der Waals surface area contributed by atoms with E-state index in [1.165, 1.54) is 0 Å². The third-order valence-electron chi connectivity index (χ3n) is 7.10. The minimum absolute atomic E-state index is 0.412. The van der Waals surface area contributed by atoms with Crippen LogP contribution >= 0.6 is 0 Å². The minimum Gasteiger partial charge on any atom is -0.463 e. The van der Waals surface area contributed by atoms with Crippen molar-refractivity contribution in [2.45, 2.75) is 26.3 Å². The molecule has 10 heteroatoms. The van der Waals surface area contributed by atoms with Gasteiger partial charge >= 0.3 is 6.09 Å². The molecule has 38 heavy (non-hydrogen) atoms. The van der Waals surface area contributed by atoms with Gasteiger partial charge in [0.25, 0.3) is 0 Å². The van der Waals surface area contributed by atoms with E-state index in [0.717, 1.165) is 47.8 Å². The normalized spacial score (nSPS) is 19.6. The first-order valence-electron chi connectivity index (χ1n) is 12.4. The maximum atomic E-state index is 11.9. The molecule has 10 nitrogen and oxygen atoms in total. The lowest BCUT2D eigenvalue weighted by Crippen LogP contribution is -2.36. The van der Waals surface area contributed by atoms with Gasteiger partial charge in [0.1, 0.15) is 0 Å². The third-order valence-corrected chi connectivity index (χ3v) is 7.10. The number of fused-ring (bicyclic) bond motifs is 1. The van der Waals surface area contributed by atoms with Crippen LogP contribution in [0.15, 0.2) is 58.7 Å². The van der Waals surface area contributed by atoms with Gasteiger partial charge in [-0.05, 0) is 49.2 Å². The average molecular weight is 510 g/mol. The number of aliphatic imine (C=N–C) groups is 1. The topological polar surface area (TPSA) is 140 Å². The van der Waals surface area contributed by atoms with Crippen molar-refractivity contribution in [1.82, 2.24) is 9.78 Å². The summed E-state index contributed by atoms with van der Waals surface area (Å²) in [6, 6.07) is 18.0. The molecule has 192 valence electrons. The second kappa shape index (κ2) is 10.4. The Balaban J connectivity index is 1.46. The van der Waals surface area contributed by atoms with Gasteiger partial charge in [-0.2, -0.15) is 15.2 Å². The zero-order valence-electron chi connectivity index (χ0n) is 21.2. The molecule has 3 aromatic rings. The molecule has 5 rings (SSSR count). The Morgan fingerprint density at radius 1 is 1.16 bits per heavy atom. The molecule has 2 aliphatic rings. The Morgan fingerprint density at radius 3 is 2.55 bits per heavy atom. The van der Waals surface area contributed by atoms with Gasteiger partial charge in [0.2, 0.25) is 0 Å². The molecule has 0 amide bonds. The maximum Gasteiger partial charge on any atom is 0.432 e. The van der Waals surface area contributed by atoms with E-state index in [9.17, 15) is 20.4 Å². The smallest absolute Gasteiger partial charge is 0.432 e. The standard InChI is InChI=1S/C28H27N7O3/c1-17-23(14-29)26(24(15-30)18(2)32-17)20-5-8-25-22(13-20)27(33-35(25)28(36)37)31-16-19-3-6-21(7-4-19)34-9-11-38-12-10-34/h3-8,13,23,26H,9-12,16H2,1-2H3,(H,31,33)(H,36,37). The molecule has 0 bridgehead atoms. The van der Waals surface area contributed by atoms with E-state index >= 15 is 0 Å². The number of anilines is 2. The fraction of sp³-hybridized carbons (Fsp3) is 0.321. The molecular formula is C28H27N7O3. The number of rotatable bonds is 5. The van der Waals surface area contributed by atoms with Gasteiger partial charge in [-0.15, -0.1) is 5.10 Å². The second-order valence-electron chi connectivity index (χ2n) is 9.39. The van der Waals surface area contributed by atoms with Crippen LogP contribution in [0.2, 0.25) is 0 Å². The van der Waals surface area contributed by atoms with Crippen LogP contribution < -0.4 is 10.2 Å². The van der Waals surface area contributed by atoms with E-state index < -0.39 is 17.9 Å². The average Bonchev–Trinajstić information content (AvgIpc) is 3.30.